The maximum Gasteiger partial charge on any atom is 0.0470 e. The van der Waals surface area contributed by atoms with Crippen LogP contribution in [-0.2, 0) is 0 Å². The molecule has 2 nitrogen and oxygen atoms in total. The Bertz CT molecular complexity index is 367. The minimum atomic E-state index is 0.379. The molecule has 1 heterocycles. The maximum absolute atomic E-state index is 5.96. The zero-order chi connectivity index (χ0) is 12.3. The first-order chi connectivity index (χ1) is 8.24. The van der Waals surface area contributed by atoms with E-state index in [2.05, 4.69) is 52.0 Å². The minimum absolute atomic E-state index is 0.379. The van der Waals surface area contributed by atoms with E-state index in [-0.39, 0.29) is 0 Å². The molecule has 1 aliphatic rings. The highest BCUT2D eigenvalue weighted by molar-refractivity contribution is 9.10. The van der Waals surface area contributed by atoms with Crippen molar-refractivity contribution < 1.29 is 0 Å². The van der Waals surface area contributed by atoms with Gasteiger partial charge in [-0.3, -0.25) is 4.90 Å². The van der Waals surface area contributed by atoms with E-state index in [0.717, 1.165) is 10.4 Å². The van der Waals surface area contributed by atoms with Gasteiger partial charge in [0.15, 0.2) is 0 Å². The molecular weight excluding hydrogens is 276 g/mol. The molecule has 1 aromatic carbocycles. The standard InChI is InChI=1S/C14H21BrN2/c1-2-11-6-7-17(10-11)14(9-16)12-4-3-5-13(15)8-12/h3-5,8,11,14H,2,6-7,9-10,16H2,1H3. The van der Waals surface area contributed by atoms with E-state index in [1.54, 1.807) is 0 Å². The summed E-state index contributed by atoms with van der Waals surface area (Å²) in [4.78, 5) is 2.54. The second-order valence-electron chi connectivity index (χ2n) is 4.86. The number of halogens is 1. The Morgan fingerprint density at radius 2 is 2.35 bits per heavy atom. The first kappa shape index (κ1) is 13.1. The molecular formula is C14H21BrN2. The van der Waals surface area contributed by atoms with Crippen molar-refractivity contribution in [3.8, 4) is 0 Å². The molecule has 0 spiro atoms. The molecule has 3 heteroatoms. The fraction of sp³-hybridized carbons (Fsp3) is 0.571. The van der Waals surface area contributed by atoms with Gasteiger partial charge in [0, 0.05) is 23.6 Å². The van der Waals surface area contributed by atoms with Gasteiger partial charge in [-0.15, -0.1) is 0 Å². The van der Waals surface area contributed by atoms with E-state index < -0.39 is 0 Å². The van der Waals surface area contributed by atoms with Gasteiger partial charge in [0.25, 0.3) is 0 Å². The Kier molecular flexibility index (Phi) is 4.60. The molecule has 2 unspecified atom stereocenters. The van der Waals surface area contributed by atoms with Crippen LogP contribution in [0.5, 0.6) is 0 Å². The van der Waals surface area contributed by atoms with E-state index in [0.29, 0.717) is 12.6 Å². The first-order valence-electron chi connectivity index (χ1n) is 6.44. The molecule has 0 amide bonds. The van der Waals surface area contributed by atoms with E-state index in [4.69, 9.17) is 5.73 Å². The average Bonchev–Trinajstić information content (AvgIpc) is 2.79. The van der Waals surface area contributed by atoms with Gasteiger partial charge >= 0.3 is 0 Å². The Hall–Kier alpha value is -0.380. The summed E-state index contributed by atoms with van der Waals surface area (Å²) >= 11 is 3.53. The molecule has 0 aromatic heterocycles. The Balaban J connectivity index is 2.11. The van der Waals surface area contributed by atoms with Gasteiger partial charge in [0.2, 0.25) is 0 Å². The van der Waals surface area contributed by atoms with Crippen molar-refractivity contribution in [2.75, 3.05) is 19.6 Å². The molecule has 2 rings (SSSR count). The first-order valence-corrected chi connectivity index (χ1v) is 7.23. The van der Waals surface area contributed by atoms with Crippen LogP contribution in [0.2, 0.25) is 0 Å². The normalized spacial score (nSPS) is 22.9. The lowest BCUT2D eigenvalue weighted by atomic mass is 10.0. The van der Waals surface area contributed by atoms with Crippen molar-refractivity contribution >= 4 is 15.9 Å². The van der Waals surface area contributed by atoms with Crippen molar-refractivity contribution in [3.63, 3.8) is 0 Å². The molecule has 0 radical (unpaired) electrons. The fourth-order valence-corrected chi connectivity index (χ4v) is 3.11. The summed E-state index contributed by atoms with van der Waals surface area (Å²) in [5.74, 6) is 0.858. The van der Waals surface area contributed by atoms with Gasteiger partial charge in [-0.25, -0.2) is 0 Å². The minimum Gasteiger partial charge on any atom is -0.329 e. The molecule has 2 N–H and O–H groups in total. The predicted molar refractivity (Wildman–Crippen MR) is 75.9 cm³/mol. The second kappa shape index (κ2) is 5.98. The van der Waals surface area contributed by atoms with Gasteiger partial charge in [0.1, 0.15) is 0 Å². The van der Waals surface area contributed by atoms with Crippen LogP contribution in [0.25, 0.3) is 0 Å². The third-order valence-corrected chi connectivity index (χ3v) is 4.29. The number of benzene rings is 1. The predicted octanol–water partition coefficient (Wildman–Crippen LogP) is 3.18. The molecule has 2 atom stereocenters. The third kappa shape index (κ3) is 3.09. The van der Waals surface area contributed by atoms with Crippen molar-refractivity contribution in [2.45, 2.75) is 25.8 Å². The smallest absolute Gasteiger partial charge is 0.0470 e. The zero-order valence-electron chi connectivity index (χ0n) is 10.4. The zero-order valence-corrected chi connectivity index (χ0v) is 12.0. The average molecular weight is 297 g/mol. The summed E-state index contributed by atoms with van der Waals surface area (Å²) in [5, 5.41) is 0. The van der Waals surface area contributed by atoms with Crippen LogP contribution in [-0.4, -0.2) is 24.5 Å². The van der Waals surface area contributed by atoms with Crippen LogP contribution in [0.4, 0.5) is 0 Å². The lowest BCUT2D eigenvalue weighted by Crippen LogP contribution is -2.32. The Morgan fingerprint density at radius 1 is 1.53 bits per heavy atom. The lowest BCUT2D eigenvalue weighted by molar-refractivity contribution is 0.241. The molecule has 0 bridgehead atoms. The van der Waals surface area contributed by atoms with Crippen LogP contribution >= 0.6 is 15.9 Å². The molecule has 17 heavy (non-hydrogen) atoms. The van der Waals surface area contributed by atoms with Crippen LogP contribution < -0.4 is 5.73 Å². The van der Waals surface area contributed by atoms with E-state index >= 15 is 0 Å². The van der Waals surface area contributed by atoms with Crippen molar-refractivity contribution in [2.24, 2.45) is 11.7 Å². The molecule has 1 aromatic rings. The number of nitrogens with zero attached hydrogens (tertiary/aromatic N) is 1. The van der Waals surface area contributed by atoms with Gasteiger partial charge < -0.3 is 5.73 Å². The summed E-state index contributed by atoms with van der Waals surface area (Å²) in [7, 11) is 0. The number of hydrogen-bond donors (Lipinski definition) is 1. The molecule has 1 saturated heterocycles. The maximum atomic E-state index is 5.96. The molecule has 94 valence electrons. The van der Waals surface area contributed by atoms with Gasteiger partial charge in [-0.2, -0.15) is 0 Å². The quantitative estimate of drug-likeness (QED) is 0.925. The number of rotatable bonds is 4. The van der Waals surface area contributed by atoms with Gasteiger partial charge in [0.05, 0.1) is 0 Å². The Labute approximate surface area is 112 Å². The lowest BCUT2D eigenvalue weighted by Gasteiger charge is -2.27. The molecule has 1 fully saturated rings. The second-order valence-corrected chi connectivity index (χ2v) is 5.78. The van der Waals surface area contributed by atoms with E-state index in [9.17, 15) is 0 Å². The van der Waals surface area contributed by atoms with Crippen LogP contribution in [0.3, 0.4) is 0 Å². The largest absolute Gasteiger partial charge is 0.329 e. The fourth-order valence-electron chi connectivity index (χ4n) is 2.69. The summed E-state index contributed by atoms with van der Waals surface area (Å²) in [6, 6.07) is 8.91. The Morgan fingerprint density at radius 3 is 2.94 bits per heavy atom. The molecule has 0 aliphatic carbocycles. The van der Waals surface area contributed by atoms with Crippen LogP contribution in [0.15, 0.2) is 28.7 Å². The number of hydrogen-bond acceptors (Lipinski definition) is 2. The van der Waals surface area contributed by atoms with Crippen LogP contribution in [0, 0.1) is 5.92 Å². The monoisotopic (exact) mass is 296 g/mol. The summed E-state index contributed by atoms with van der Waals surface area (Å²) in [6.07, 6.45) is 2.60. The number of likely N-dealkylation sites (tertiary alicyclic amines) is 1. The van der Waals surface area contributed by atoms with E-state index in [1.165, 1.54) is 31.5 Å². The van der Waals surface area contributed by atoms with Crippen molar-refractivity contribution in [3.05, 3.63) is 34.3 Å². The SMILES string of the molecule is CCC1CCN(C(CN)c2cccc(Br)c2)C1. The van der Waals surface area contributed by atoms with Gasteiger partial charge in [-0.1, -0.05) is 41.4 Å². The summed E-state index contributed by atoms with van der Waals surface area (Å²) in [5.41, 5.74) is 7.30. The highest BCUT2D eigenvalue weighted by Gasteiger charge is 2.27. The topological polar surface area (TPSA) is 29.3 Å². The number of nitrogens with two attached hydrogens (primary N) is 1. The van der Waals surface area contributed by atoms with Crippen molar-refractivity contribution in [1.29, 1.82) is 0 Å². The molecule has 0 saturated carbocycles. The van der Waals surface area contributed by atoms with E-state index in [1.807, 2.05) is 0 Å². The van der Waals surface area contributed by atoms with Crippen molar-refractivity contribution in [1.82, 2.24) is 4.90 Å². The highest BCUT2D eigenvalue weighted by atomic mass is 79.9. The highest BCUT2D eigenvalue weighted by Crippen LogP contribution is 2.29. The molecule has 1 aliphatic heterocycles. The summed E-state index contributed by atoms with van der Waals surface area (Å²) in [6.45, 7) is 5.37. The van der Waals surface area contributed by atoms with Crippen LogP contribution in [0.1, 0.15) is 31.4 Å². The van der Waals surface area contributed by atoms with Gasteiger partial charge in [-0.05, 0) is 36.6 Å². The third-order valence-electron chi connectivity index (χ3n) is 3.79. The summed E-state index contributed by atoms with van der Waals surface area (Å²) < 4.78 is 1.14.